The molecular weight excluding hydrogens is 659 g/mol. The molecule has 0 atom stereocenters. The van der Waals surface area contributed by atoms with Gasteiger partial charge in [0.15, 0.2) is 13.0 Å². The molecule has 0 spiro atoms. The lowest BCUT2D eigenvalue weighted by Gasteiger charge is -2.19. The lowest BCUT2D eigenvalue weighted by molar-refractivity contribution is 0.592. The minimum Gasteiger partial charge on any atom is -0.456 e. The van der Waals surface area contributed by atoms with Crippen LogP contribution in [0.2, 0.25) is 0 Å². The second kappa shape index (κ2) is 12.1. The molecule has 5 nitrogen and oxygen atoms in total. The van der Waals surface area contributed by atoms with Crippen LogP contribution in [0.15, 0.2) is 185 Å². The Bertz CT molecular complexity index is 2940. The second-order valence-corrected chi connectivity index (χ2v) is 15.6. The Labute approximate surface area is 299 Å². The molecule has 246 valence electrons. The van der Waals surface area contributed by atoms with Crippen molar-refractivity contribution in [3.05, 3.63) is 176 Å². The molecule has 0 aliphatic rings. The first-order valence-corrected chi connectivity index (χ1v) is 18.9. The van der Waals surface area contributed by atoms with Crippen molar-refractivity contribution in [2.75, 3.05) is 0 Å². The van der Waals surface area contributed by atoms with E-state index in [1.165, 1.54) is 5.56 Å². The normalized spacial score (nSPS) is 11.9. The minimum atomic E-state index is -3.26. The third kappa shape index (κ3) is 4.98. The zero-order valence-corrected chi connectivity index (χ0v) is 28.7. The van der Waals surface area contributed by atoms with Crippen LogP contribution in [-0.2, 0) is 4.57 Å². The van der Waals surface area contributed by atoms with E-state index in [-0.39, 0.29) is 0 Å². The van der Waals surface area contributed by atoms with Crippen molar-refractivity contribution in [3.8, 4) is 33.6 Å². The number of nitrogens with zero attached hydrogens (tertiary/aromatic N) is 2. The molecule has 10 rings (SSSR count). The standard InChI is InChI=1S/C46H29N2O3P/c49-52(35-12-6-2-7-13-35,36-14-8-3-9-15-36)45-24-25-47-46(48-45)34-19-23-44-40(29-34)39-28-33(18-22-43(39)51-44)32-17-21-42-38(27-32)37-26-31(16-20-41(37)50-42)30-10-4-1-5-11-30/h1-29H. The first kappa shape index (κ1) is 30.3. The van der Waals surface area contributed by atoms with Crippen LogP contribution in [0.25, 0.3) is 77.5 Å². The first-order chi connectivity index (χ1) is 25.6. The highest BCUT2D eigenvalue weighted by atomic mass is 31.2. The van der Waals surface area contributed by atoms with Gasteiger partial charge in [-0.05, 0) is 82.9 Å². The maximum atomic E-state index is 15.0. The summed E-state index contributed by atoms with van der Waals surface area (Å²) < 4.78 is 27.6. The van der Waals surface area contributed by atoms with Gasteiger partial charge in [0.25, 0.3) is 0 Å². The number of hydrogen-bond donors (Lipinski definition) is 0. The average molecular weight is 689 g/mol. The van der Waals surface area contributed by atoms with Crippen molar-refractivity contribution in [1.82, 2.24) is 9.97 Å². The fourth-order valence-corrected chi connectivity index (χ4v) is 9.74. The third-order valence-electron chi connectivity index (χ3n) is 9.84. The van der Waals surface area contributed by atoms with Crippen LogP contribution in [0.3, 0.4) is 0 Å². The average Bonchev–Trinajstić information content (AvgIpc) is 3.78. The van der Waals surface area contributed by atoms with Gasteiger partial charge in [-0.3, -0.25) is 0 Å². The number of rotatable bonds is 6. The zero-order valence-electron chi connectivity index (χ0n) is 27.8. The third-order valence-corrected chi connectivity index (χ3v) is 12.8. The number of fused-ring (bicyclic) bond motifs is 6. The molecule has 0 saturated heterocycles. The zero-order chi connectivity index (χ0) is 34.6. The molecule has 0 saturated carbocycles. The second-order valence-electron chi connectivity index (χ2n) is 12.9. The Hall–Kier alpha value is -6.55. The number of aromatic nitrogens is 2. The SMILES string of the molecule is O=P(c1ccccc1)(c1ccccc1)c1ccnc(-c2ccc3oc4ccc(-c5ccc6oc7ccc(-c8ccccc8)cc7c6c5)cc4c3c2)n1. The van der Waals surface area contributed by atoms with Gasteiger partial charge in [-0.1, -0.05) is 109 Å². The summed E-state index contributed by atoms with van der Waals surface area (Å²) >= 11 is 0. The van der Waals surface area contributed by atoms with Gasteiger partial charge in [0, 0.05) is 43.9 Å². The van der Waals surface area contributed by atoms with Gasteiger partial charge in [0.1, 0.15) is 27.8 Å². The minimum absolute atomic E-state index is 0.493. The Balaban J connectivity index is 1.06. The van der Waals surface area contributed by atoms with E-state index in [9.17, 15) is 0 Å². The lowest BCUT2D eigenvalue weighted by Crippen LogP contribution is -2.27. The molecule has 0 unspecified atom stereocenters. The van der Waals surface area contributed by atoms with Gasteiger partial charge < -0.3 is 13.4 Å². The van der Waals surface area contributed by atoms with E-state index in [0.717, 1.165) is 76.7 Å². The molecule has 3 heterocycles. The summed E-state index contributed by atoms with van der Waals surface area (Å²) in [6.45, 7) is 0. The molecular formula is C46H29N2O3P. The van der Waals surface area contributed by atoms with E-state index in [2.05, 4.69) is 83.8 Å². The predicted octanol–water partition coefficient (Wildman–Crippen LogP) is 10.9. The fraction of sp³-hybridized carbons (Fsp3) is 0. The molecule has 6 heteroatoms. The van der Waals surface area contributed by atoms with Crippen molar-refractivity contribution >= 4 is 67.1 Å². The maximum Gasteiger partial charge on any atom is 0.188 e. The van der Waals surface area contributed by atoms with Crippen molar-refractivity contribution in [2.24, 2.45) is 0 Å². The fourth-order valence-electron chi connectivity index (χ4n) is 7.22. The smallest absolute Gasteiger partial charge is 0.188 e. The Kier molecular flexibility index (Phi) is 7.02. The van der Waals surface area contributed by atoms with Crippen molar-refractivity contribution < 1.29 is 13.4 Å². The van der Waals surface area contributed by atoms with E-state index in [1.54, 1.807) is 12.3 Å². The van der Waals surface area contributed by atoms with Crippen molar-refractivity contribution in [2.45, 2.75) is 0 Å². The maximum absolute atomic E-state index is 15.0. The highest BCUT2D eigenvalue weighted by molar-refractivity contribution is 7.85. The molecule has 0 bridgehead atoms. The molecule has 52 heavy (non-hydrogen) atoms. The van der Waals surface area contributed by atoms with E-state index >= 15 is 4.57 Å². The largest absolute Gasteiger partial charge is 0.456 e. The van der Waals surface area contributed by atoms with Crippen LogP contribution in [0, 0.1) is 0 Å². The van der Waals surface area contributed by atoms with Crippen molar-refractivity contribution in [1.29, 1.82) is 0 Å². The monoisotopic (exact) mass is 688 g/mol. The molecule has 0 aliphatic carbocycles. The van der Waals surface area contributed by atoms with Gasteiger partial charge in [0.2, 0.25) is 0 Å². The van der Waals surface area contributed by atoms with E-state index in [4.69, 9.17) is 13.8 Å². The van der Waals surface area contributed by atoms with Crippen LogP contribution in [0.5, 0.6) is 0 Å². The summed E-state index contributed by atoms with van der Waals surface area (Å²) in [5.41, 5.74) is 9.08. The van der Waals surface area contributed by atoms with Gasteiger partial charge in [-0.2, -0.15) is 0 Å². The topological polar surface area (TPSA) is 69.1 Å². The van der Waals surface area contributed by atoms with Crippen LogP contribution >= 0.6 is 7.14 Å². The van der Waals surface area contributed by atoms with E-state index in [0.29, 0.717) is 11.3 Å². The molecule has 0 amide bonds. The molecule has 3 aromatic heterocycles. The highest BCUT2D eigenvalue weighted by Crippen LogP contribution is 2.42. The molecule has 0 N–H and O–H groups in total. The number of hydrogen-bond acceptors (Lipinski definition) is 5. The van der Waals surface area contributed by atoms with Crippen LogP contribution in [0.1, 0.15) is 0 Å². The summed E-state index contributed by atoms with van der Waals surface area (Å²) in [4.78, 5) is 9.61. The first-order valence-electron chi connectivity index (χ1n) is 17.2. The van der Waals surface area contributed by atoms with Crippen LogP contribution in [0.4, 0.5) is 0 Å². The summed E-state index contributed by atoms with van der Waals surface area (Å²) in [5.74, 6) is 0.504. The lowest BCUT2D eigenvalue weighted by atomic mass is 9.99. The van der Waals surface area contributed by atoms with Gasteiger partial charge in [-0.15, -0.1) is 0 Å². The Morgan fingerprint density at radius 1 is 0.404 bits per heavy atom. The van der Waals surface area contributed by atoms with Gasteiger partial charge in [0.05, 0.1) is 0 Å². The highest BCUT2D eigenvalue weighted by Gasteiger charge is 2.31. The van der Waals surface area contributed by atoms with Gasteiger partial charge >= 0.3 is 0 Å². The van der Waals surface area contributed by atoms with Crippen LogP contribution in [-0.4, -0.2) is 9.97 Å². The molecule has 0 aliphatic heterocycles. The molecule has 0 fully saturated rings. The Morgan fingerprint density at radius 2 is 0.808 bits per heavy atom. The quantitative estimate of drug-likeness (QED) is 0.163. The summed E-state index contributed by atoms with van der Waals surface area (Å²) in [5, 5.41) is 5.57. The summed E-state index contributed by atoms with van der Waals surface area (Å²) in [6.07, 6.45) is 1.70. The van der Waals surface area contributed by atoms with Crippen LogP contribution < -0.4 is 16.0 Å². The van der Waals surface area contributed by atoms with E-state index < -0.39 is 7.14 Å². The number of furan rings is 2. The Morgan fingerprint density at radius 3 is 1.29 bits per heavy atom. The van der Waals surface area contributed by atoms with E-state index in [1.807, 2.05) is 84.9 Å². The van der Waals surface area contributed by atoms with Crippen molar-refractivity contribution in [3.63, 3.8) is 0 Å². The molecule has 10 aromatic rings. The number of benzene rings is 7. The van der Waals surface area contributed by atoms with Gasteiger partial charge in [-0.25, -0.2) is 9.97 Å². The predicted molar refractivity (Wildman–Crippen MR) is 212 cm³/mol. The molecule has 7 aromatic carbocycles. The summed E-state index contributed by atoms with van der Waals surface area (Å²) in [6, 6.07) is 56.4. The summed E-state index contributed by atoms with van der Waals surface area (Å²) in [7, 11) is -3.26. The molecule has 0 radical (unpaired) electrons.